The van der Waals surface area contributed by atoms with Gasteiger partial charge >= 0.3 is 0 Å². The first kappa shape index (κ1) is 17.4. The Bertz CT molecular complexity index is 643. The Morgan fingerprint density at radius 2 is 1.32 bits per heavy atom. The maximum atomic E-state index is 13.1. The summed E-state index contributed by atoms with van der Waals surface area (Å²) in [6.45, 7) is 11.0. The van der Waals surface area contributed by atoms with Crippen LogP contribution < -0.4 is 0 Å². The van der Waals surface area contributed by atoms with E-state index in [-0.39, 0.29) is 12.5 Å². The van der Waals surface area contributed by atoms with Crippen molar-refractivity contribution in [1.82, 2.24) is 4.31 Å². The average Bonchev–Trinajstić information content (AvgIpc) is 2.51. The molecule has 124 valence electrons. The molecule has 1 saturated heterocycles. The summed E-state index contributed by atoms with van der Waals surface area (Å²) < 4.78 is 27.8. The van der Waals surface area contributed by atoms with Gasteiger partial charge in [0, 0.05) is 19.7 Å². The van der Waals surface area contributed by atoms with Gasteiger partial charge in [-0.3, -0.25) is 0 Å². The summed E-state index contributed by atoms with van der Waals surface area (Å²) in [5, 5.41) is 9.22. The molecule has 0 saturated carbocycles. The zero-order valence-corrected chi connectivity index (χ0v) is 15.0. The van der Waals surface area contributed by atoms with Gasteiger partial charge in [-0.15, -0.1) is 0 Å². The highest BCUT2D eigenvalue weighted by atomic mass is 32.2. The molecule has 4 nitrogen and oxygen atoms in total. The quantitative estimate of drug-likeness (QED) is 0.929. The van der Waals surface area contributed by atoms with Crippen LogP contribution in [0.2, 0.25) is 0 Å². The normalized spacial score (nSPS) is 17.9. The third-order valence-corrected chi connectivity index (χ3v) is 7.53. The largest absolute Gasteiger partial charge is 0.396 e. The van der Waals surface area contributed by atoms with Gasteiger partial charge in [-0.2, -0.15) is 4.31 Å². The van der Waals surface area contributed by atoms with Gasteiger partial charge in [0.05, 0.1) is 4.90 Å². The molecule has 1 fully saturated rings. The smallest absolute Gasteiger partial charge is 0.243 e. The van der Waals surface area contributed by atoms with E-state index < -0.39 is 10.0 Å². The molecule has 1 aliphatic rings. The van der Waals surface area contributed by atoms with Crippen molar-refractivity contribution in [3.8, 4) is 0 Å². The molecular weight excluding hydrogens is 298 g/mol. The summed E-state index contributed by atoms with van der Waals surface area (Å²) >= 11 is 0. The molecule has 2 rings (SSSR count). The Kier molecular flexibility index (Phi) is 5.00. The van der Waals surface area contributed by atoms with Gasteiger partial charge in [0.15, 0.2) is 0 Å². The monoisotopic (exact) mass is 325 g/mol. The second-order valence-corrected chi connectivity index (χ2v) is 8.36. The summed E-state index contributed by atoms with van der Waals surface area (Å²) in [6, 6.07) is 0. The van der Waals surface area contributed by atoms with Crippen LogP contribution in [-0.2, 0) is 10.0 Å². The van der Waals surface area contributed by atoms with E-state index in [1.807, 2.05) is 34.6 Å². The molecule has 5 heteroatoms. The number of hydrogen-bond acceptors (Lipinski definition) is 3. The summed E-state index contributed by atoms with van der Waals surface area (Å²) in [5.41, 5.74) is 5.03. The average molecular weight is 325 g/mol. The van der Waals surface area contributed by atoms with Crippen LogP contribution in [0, 0.1) is 40.5 Å². The van der Waals surface area contributed by atoms with E-state index in [2.05, 4.69) is 0 Å². The van der Waals surface area contributed by atoms with Crippen LogP contribution in [0.5, 0.6) is 0 Å². The van der Waals surface area contributed by atoms with Crippen LogP contribution in [0.4, 0.5) is 0 Å². The lowest BCUT2D eigenvalue weighted by atomic mass is 9.95. The van der Waals surface area contributed by atoms with Crippen molar-refractivity contribution in [2.45, 2.75) is 52.4 Å². The Morgan fingerprint density at radius 3 is 1.73 bits per heavy atom. The number of sulfonamides is 1. The maximum Gasteiger partial charge on any atom is 0.243 e. The number of piperidine rings is 1. The van der Waals surface area contributed by atoms with Gasteiger partial charge < -0.3 is 5.11 Å². The van der Waals surface area contributed by atoms with Gasteiger partial charge in [-0.25, -0.2) is 8.42 Å². The lowest BCUT2D eigenvalue weighted by Gasteiger charge is -2.32. The van der Waals surface area contributed by atoms with Gasteiger partial charge in [0.2, 0.25) is 10.0 Å². The SMILES string of the molecule is Cc1c(C)c(C)c(S(=O)(=O)N2CCC(CO)CC2)c(C)c1C. The van der Waals surface area contributed by atoms with E-state index in [1.54, 1.807) is 4.31 Å². The summed E-state index contributed by atoms with van der Waals surface area (Å²) in [7, 11) is -3.47. The molecule has 1 N–H and O–H groups in total. The van der Waals surface area contributed by atoms with Gasteiger partial charge in [-0.05, 0) is 81.2 Å². The van der Waals surface area contributed by atoms with Crippen LogP contribution in [0.15, 0.2) is 4.90 Å². The number of aliphatic hydroxyl groups excluding tert-OH is 1. The highest BCUT2D eigenvalue weighted by Gasteiger charge is 2.32. The van der Waals surface area contributed by atoms with Crippen molar-refractivity contribution in [2.75, 3.05) is 19.7 Å². The highest BCUT2D eigenvalue weighted by molar-refractivity contribution is 7.89. The van der Waals surface area contributed by atoms with E-state index >= 15 is 0 Å². The zero-order valence-electron chi connectivity index (χ0n) is 14.2. The lowest BCUT2D eigenvalue weighted by Crippen LogP contribution is -2.39. The predicted octanol–water partition coefficient (Wildman–Crippen LogP) is 2.62. The molecule has 0 aromatic heterocycles. The molecule has 0 unspecified atom stereocenters. The van der Waals surface area contributed by atoms with Gasteiger partial charge in [0.1, 0.15) is 0 Å². The minimum atomic E-state index is -3.47. The minimum Gasteiger partial charge on any atom is -0.396 e. The van der Waals surface area contributed by atoms with E-state index in [1.165, 1.54) is 5.56 Å². The first-order chi connectivity index (χ1) is 10.2. The standard InChI is InChI=1S/C17H27NO3S/c1-11-12(2)14(4)17(15(5)13(11)3)22(20,21)18-8-6-16(10-19)7-9-18/h16,19H,6-10H2,1-5H3. The second-order valence-electron chi connectivity index (χ2n) is 6.48. The molecule has 0 aliphatic carbocycles. The predicted molar refractivity (Wildman–Crippen MR) is 88.7 cm³/mol. The molecule has 1 aromatic carbocycles. The molecule has 0 radical (unpaired) electrons. The van der Waals surface area contributed by atoms with Gasteiger partial charge in [0.25, 0.3) is 0 Å². The summed E-state index contributed by atoms with van der Waals surface area (Å²) in [4.78, 5) is 0.482. The lowest BCUT2D eigenvalue weighted by molar-refractivity contribution is 0.170. The van der Waals surface area contributed by atoms with E-state index in [9.17, 15) is 13.5 Å². The van der Waals surface area contributed by atoms with Crippen molar-refractivity contribution in [2.24, 2.45) is 5.92 Å². The Labute approximate surface area is 134 Å². The molecule has 0 bridgehead atoms. The van der Waals surface area contributed by atoms with Crippen molar-refractivity contribution in [3.63, 3.8) is 0 Å². The maximum absolute atomic E-state index is 13.1. The third-order valence-electron chi connectivity index (χ3n) is 5.36. The number of rotatable bonds is 3. The van der Waals surface area contributed by atoms with Crippen molar-refractivity contribution >= 4 is 10.0 Å². The van der Waals surface area contributed by atoms with Crippen molar-refractivity contribution in [1.29, 1.82) is 0 Å². The third kappa shape index (κ3) is 2.82. The zero-order chi connectivity index (χ0) is 16.7. The molecule has 0 spiro atoms. The Hall–Kier alpha value is -0.910. The van der Waals surface area contributed by atoms with E-state index in [0.717, 1.165) is 35.1 Å². The fraction of sp³-hybridized carbons (Fsp3) is 0.647. The fourth-order valence-corrected chi connectivity index (χ4v) is 5.34. The summed E-state index contributed by atoms with van der Waals surface area (Å²) in [5.74, 6) is 0.232. The van der Waals surface area contributed by atoms with Crippen molar-refractivity contribution in [3.05, 3.63) is 27.8 Å². The molecule has 0 amide bonds. The molecule has 1 aromatic rings. The second kappa shape index (κ2) is 6.30. The molecule has 1 heterocycles. The molecule has 1 aliphatic heterocycles. The van der Waals surface area contributed by atoms with Crippen LogP contribution in [0.25, 0.3) is 0 Å². The van der Waals surface area contributed by atoms with Gasteiger partial charge in [-0.1, -0.05) is 0 Å². The molecule has 0 atom stereocenters. The first-order valence-corrected chi connectivity index (χ1v) is 9.33. The number of benzene rings is 1. The minimum absolute atomic E-state index is 0.148. The molecule has 22 heavy (non-hydrogen) atoms. The van der Waals surface area contributed by atoms with Crippen molar-refractivity contribution < 1.29 is 13.5 Å². The Morgan fingerprint density at radius 1 is 0.909 bits per heavy atom. The number of nitrogens with zero attached hydrogens (tertiary/aromatic N) is 1. The van der Waals surface area contributed by atoms with Crippen LogP contribution in [-0.4, -0.2) is 37.5 Å². The van der Waals surface area contributed by atoms with Crippen LogP contribution in [0.1, 0.15) is 40.7 Å². The first-order valence-electron chi connectivity index (χ1n) is 7.89. The van der Waals surface area contributed by atoms with E-state index in [0.29, 0.717) is 18.0 Å². The molecular formula is C17H27NO3S. The van der Waals surface area contributed by atoms with Crippen LogP contribution >= 0.6 is 0 Å². The Balaban J connectivity index is 2.47. The topological polar surface area (TPSA) is 57.6 Å². The van der Waals surface area contributed by atoms with Crippen LogP contribution in [0.3, 0.4) is 0 Å². The summed E-state index contributed by atoms with van der Waals surface area (Å²) in [6.07, 6.45) is 1.47. The number of aliphatic hydroxyl groups is 1. The number of hydrogen-bond donors (Lipinski definition) is 1. The fourth-order valence-electron chi connectivity index (χ4n) is 3.31. The van der Waals surface area contributed by atoms with E-state index in [4.69, 9.17) is 0 Å². The highest BCUT2D eigenvalue weighted by Crippen LogP contribution is 2.33.